The van der Waals surface area contributed by atoms with E-state index in [9.17, 15) is 13.2 Å². The minimum absolute atomic E-state index is 0.0722. The predicted octanol–water partition coefficient (Wildman–Crippen LogP) is 5.00. The first-order valence-corrected chi connectivity index (χ1v) is 15.7. The highest BCUT2D eigenvalue weighted by Gasteiger charge is 2.21. The average molecular weight is 577 g/mol. The summed E-state index contributed by atoms with van der Waals surface area (Å²) in [5.41, 5.74) is 7.13. The molecule has 41 heavy (non-hydrogen) atoms. The number of nitrogens with zero attached hydrogens (tertiary/aromatic N) is 2. The lowest BCUT2D eigenvalue weighted by atomic mass is 9.95. The number of benzene rings is 2. The molecule has 1 heterocycles. The van der Waals surface area contributed by atoms with Crippen molar-refractivity contribution in [3.8, 4) is 34.7 Å². The van der Waals surface area contributed by atoms with Crippen LogP contribution in [0, 0.1) is 18.8 Å². The number of ether oxygens (including phenoxy) is 3. The molecule has 0 amide bonds. The van der Waals surface area contributed by atoms with Crippen LogP contribution in [0.3, 0.4) is 0 Å². The van der Waals surface area contributed by atoms with Crippen molar-refractivity contribution in [2.45, 2.75) is 58.5 Å². The van der Waals surface area contributed by atoms with Crippen LogP contribution in [0.5, 0.6) is 11.8 Å². The maximum atomic E-state index is 11.8. The van der Waals surface area contributed by atoms with Crippen molar-refractivity contribution in [1.29, 1.82) is 0 Å². The van der Waals surface area contributed by atoms with Crippen LogP contribution < -0.4 is 9.47 Å². The largest absolute Gasteiger partial charge is 0.489 e. The van der Waals surface area contributed by atoms with Gasteiger partial charge in [-0.15, -0.1) is 5.92 Å². The number of carbonyl (C=O) groups excluding carboxylic acids is 1. The number of esters is 1. The first-order chi connectivity index (χ1) is 19.7. The summed E-state index contributed by atoms with van der Waals surface area (Å²) >= 11 is 0. The number of rotatable bonds is 11. The fourth-order valence-electron chi connectivity index (χ4n) is 4.93. The lowest BCUT2D eigenvalue weighted by Gasteiger charge is -2.15. The number of aromatic nitrogens is 2. The van der Waals surface area contributed by atoms with Crippen LogP contribution in [0.1, 0.15) is 60.2 Å². The Balaban J connectivity index is 1.47. The molecular weight excluding hydrogens is 540 g/mol. The molecule has 0 fully saturated rings. The Morgan fingerprint density at radius 2 is 1.85 bits per heavy atom. The number of sulfone groups is 1. The molecule has 0 saturated carbocycles. The molecule has 0 saturated heterocycles. The van der Waals surface area contributed by atoms with Crippen molar-refractivity contribution in [2.75, 3.05) is 25.7 Å². The van der Waals surface area contributed by atoms with E-state index < -0.39 is 9.84 Å². The van der Waals surface area contributed by atoms with Crippen molar-refractivity contribution < 1.29 is 27.4 Å². The van der Waals surface area contributed by atoms with Crippen LogP contribution in [0.25, 0.3) is 11.1 Å². The molecule has 9 heteroatoms. The molecule has 0 spiro atoms. The number of hydrogen-bond donors (Lipinski definition) is 0. The number of carbonyl (C=O) groups is 1. The number of methoxy groups -OCH3 is 1. The van der Waals surface area contributed by atoms with Gasteiger partial charge in [0.25, 0.3) is 0 Å². The van der Waals surface area contributed by atoms with Gasteiger partial charge in [0.05, 0.1) is 43.2 Å². The van der Waals surface area contributed by atoms with E-state index in [1.807, 2.05) is 31.2 Å². The lowest BCUT2D eigenvalue weighted by Crippen LogP contribution is -2.10. The quantitative estimate of drug-likeness (QED) is 0.178. The molecule has 3 aromatic rings. The van der Waals surface area contributed by atoms with Gasteiger partial charge in [-0.3, -0.25) is 4.79 Å². The third kappa shape index (κ3) is 8.30. The van der Waals surface area contributed by atoms with E-state index in [2.05, 4.69) is 35.0 Å². The SMILES string of the molecule is CC#CC(CC(=O)OC)c1ccc(OCc2ccc3c(c2)-c2c(C)nc(OCCCS(C)(=O)=O)nc2CCC3)cc1. The molecule has 1 aliphatic rings. The van der Waals surface area contributed by atoms with Gasteiger partial charge in [0, 0.05) is 11.8 Å². The van der Waals surface area contributed by atoms with E-state index in [1.165, 1.54) is 18.9 Å². The van der Waals surface area contributed by atoms with Crippen molar-refractivity contribution in [2.24, 2.45) is 0 Å². The first kappa shape index (κ1) is 30.1. The van der Waals surface area contributed by atoms with E-state index in [0.717, 1.165) is 58.7 Å². The molecule has 0 N–H and O–H groups in total. The van der Waals surface area contributed by atoms with Crippen molar-refractivity contribution in [1.82, 2.24) is 9.97 Å². The average Bonchev–Trinajstić information content (AvgIpc) is 3.13. The second kappa shape index (κ2) is 13.6. The van der Waals surface area contributed by atoms with E-state index in [0.29, 0.717) is 19.0 Å². The molecule has 0 bridgehead atoms. The van der Waals surface area contributed by atoms with Gasteiger partial charge < -0.3 is 14.2 Å². The van der Waals surface area contributed by atoms with Gasteiger partial charge in [0.2, 0.25) is 0 Å². The third-order valence-corrected chi connectivity index (χ3v) is 7.97. The zero-order chi connectivity index (χ0) is 29.4. The number of fused-ring (bicyclic) bond motifs is 3. The smallest absolute Gasteiger partial charge is 0.316 e. The Bertz CT molecular complexity index is 1560. The summed E-state index contributed by atoms with van der Waals surface area (Å²) in [6.45, 7) is 4.36. The maximum absolute atomic E-state index is 11.8. The molecule has 1 atom stereocenters. The number of hydrogen-bond acceptors (Lipinski definition) is 8. The van der Waals surface area contributed by atoms with Crippen LogP contribution in [0.4, 0.5) is 0 Å². The van der Waals surface area contributed by atoms with E-state index >= 15 is 0 Å². The zero-order valence-electron chi connectivity index (χ0n) is 24.0. The molecule has 2 aromatic carbocycles. The Labute approximate surface area is 242 Å². The van der Waals surface area contributed by atoms with Crippen LogP contribution in [0.2, 0.25) is 0 Å². The van der Waals surface area contributed by atoms with E-state index in [1.54, 1.807) is 6.92 Å². The Morgan fingerprint density at radius 1 is 1.07 bits per heavy atom. The summed E-state index contributed by atoms with van der Waals surface area (Å²) in [5.74, 6) is 6.24. The molecule has 0 radical (unpaired) electrons. The van der Waals surface area contributed by atoms with E-state index in [-0.39, 0.29) is 30.7 Å². The van der Waals surface area contributed by atoms with Crippen molar-refractivity contribution in [3.63, 3.8) is 0 Å². The molecule has 1 aliphatic carbocycles. The van der Waals surface area contributed by atoms with Crippen LogP contribution in [-0.2, 0) is 38.8 Å². The normalized spacial score (nSPS) is 13.1. The number of aryl methyl sites for hydroxylation is 3. The Morgan fingerprint density at radius 3 is 2.56 bits per heavy atom. The molecule has 8 nitrogen and oxygen atoms in total. The lowest BCUT2D eigenvalue weighted by molar-refractivity contribution is -0.140. The Kier molecular flexibility index (Phi) is 10.0. The van der Waals surface area contributed by atoms with Gasteiger partial charge in [-0.1, -0.05) is 30.2 Å². The van der Waals surface area contributed by atoms with Gasteiger partial charge in [0.1, 0.15) is 22.2 Å². The molecule has 1 unspecified atom stereocenters. The van der Waals surface area contributed by atoms with Gasteiger partial charge in [-0.05, 0) is 80.0 Å². The summed E-state index contributed by atoms with van der Waals surface area (Å²) in [7, 11) is -1.65. The third-order valence-electron chi connectivity index (χ3n) is 6.94. The summed E-state index contributed by atoms with van der Waals surface area (Å²) in [5, 5.41) is 0. The van der Waals surface area contributed by atoms with Crippen LogP contribution in [0.15, 0.2) is 42.5 Å². The topological polar surface area (TPSA) is 105 Å². The van der Waals surface area contributed by atoms with E-state index in [4.69, 9.17) is 19.2 Å². The standard InChI is InChI=1S/C32H36N2O6S/c1-5-8-26(20-30(35)38-3)24-13-15-27(16-14-24)40-21-23-11-12-25-9-6-10-29-31(28(25)19-23)22(2)33-32(34-29)39-17-7-18-41(4,36)37/h11-16,19,26H,6-7,9-10,17-18,20-21H2,1-4H3. The van der Waals surface area contributed by atoms with Gasteiger partial charge in [-0.25, -0.2) is 8.42 Å². The van der Waals surface area contributed by atoms with Gasteiger partial charge in [-0.2, -0.15) is 9.97 Å². The van der Waals surface area contributed by atoms with Gasteiger partial charge in [0.15, 0.2) is 0 Å². The van der Waals surface area contributed by atoms with Crippen LogP contribution >= 0.6 is 0 Å². The molecule has 4 rings (SSSR count). The predicted molar refractivity (Wildman–Crippen MR) is 158 cm³/mol. The fourth-order valence-corrected chi connectivity index (χ4v) is 5.58. The second-order valence-electron chi connectivity index (χ2n) is 10.2. The highest BCUT2D eigenvalue weighted by Crippen LogP contribution is 2.35. The summed E-state index contributed by atoms with van der Waals surface area (Å²) in [6, 6.07) is 14.3. The molecular formula is C32H36N2O6S. The second-order valence-corrected chi connectivity index (χ2v) is 12.4. The van der Waals surface area contributed by atoms with Crippen LogP contribution in [-0.4, -0.2) is 50.1 Å². The molecule has 216 valence electrons. The molecule has 0 aliphatic heterocycles. The maximum Gasteiger partial charge on any atom is 0.316 e. The first-order valence-electron chi connectivity index (χ1n) is 13.7. The zero-order valence-corrected chi connectivity index (χ0v) is 24.8. The van der Waals surface area contributed by atoms with Crippen molar-refractivity contribution in [3.05, 3.63) is 70.5 Å². The summed E-state index contributed by atoms with van der Waals surface area (Å²) in [4.78, 5) is 21.1. The monoisotopic (exact) mass is 576 g/mol. The fraction of sp³-hybridized carbons (Fsp3) is 0.406. The minimum Gasteiger partial charge on any atom is -0.489 e. The van der Waals surface area contributed by atoms with Crippen molar-refractivity contribution >= 4 is 15.8 Å². The highest BCUT2D eigenvalue weighted by atomic mass is 32.2. The Hall–Kier alpha value is -3.90. The minimum atomic E-state index is -3.03. The summed E-state index contributed by atoms with van der Waals surface area (Å²) in [6.07, 6.45) is 4.53. The highest BCUT2D eigenvalue weighted by molar-refractivity contribution is 7.90. The van der Waals surface area contributed by atoms with Gasteiger partial charge >= 0.3 is 12.0 Å². The summed E-state index contributed by atoms with van der Waals surface area (Å²) < 4.78 is 39.4. The molecule has 1 aromatic heterocycles.